The van der Waals surface area contributed by atoms with Gasteiger partial charge in [0.05, 0.1) is 5.56 Å². The Bertz CT molecular complexity index is 504. The fraction of sp³-hybridized carbons (Fsp3) is 0.533. The Morgan fingerprint density at radius 3 is 2.88 bits per heavy atom. The van der Waals surface area contributed by atoms with Gasteiger partial charge in [0.1, 0.15) is 5.75 Å². The maximum atomic E-state index is 12.6. The van der Waals surface area contributed by atoms with Crippen molar-refractivity contribution in [2.45, 2.75) is 45.4 Å². The molecule has 2 unspecified atom stereocenters. The highest BCUT2D eigenvalue weighted by Crippen LogP contribution is 2.57. The predicted octanol–water partition coefficient (Wildman–Crippen LogP) is 3.56. The zero-order valence-electron chi connectivity index (χ0n) is 10.4. The van der Waals surface area contributed by atoms with Crippen molar-refractivity contribution in [2.75, 3.05) is 0 Å². The van der Waals surface area contributed by atoms with Crippen molar-refractivity contribution < 1.29 is 9.90 Å². The topological polar surface area (TPSA) is 37.3 Å². The first-order chi connectivity index (χ1) is 8.05. The SMILES string of the molecule is Cc1ccc(O)c2c1C1CCCCC1(C)C2=O. The first kappa shape index (κ1) is 10.8. The summed E-state index contributed by atoms with van der Waals surface area (Å²) in [5.74, 6) is 0.662. The van der Waals surface area contributed by atoms with Gasteiger partial charge in [0.25, 0.3) is 0 Å². The van der Waals surface area contributed by atoms with Gasteiger partial charge in [-0.2, -0.15) is 0 Å². The van der Waals surface area contributed by atoms with Gasteiger partial charge in [-0.3, -0.25) is 4.79 Å². The molecule has 0 amide bonds. The first-order valence-electron chi connectivity index (χ1n) is 6.43. The lowest BCUT2D eigenvalue weighted by atomic mass is 9.67. The molecule has 3 rings (SSSR count). The Kier molecular flexibility index (Phi) is 2.13. The van der Waals surface area contributed by atoms with Gasteiger partial charge in [0.2, 0.25) is 0 Å². The molecule has 90 valence electrons. The van der Waals surface area contributed by atoms with Crippen LogP contribution >= 0.6 is 0 Å². The highest BCUT2D eigenvalue weighted by Gasteiger charge is 2.51. The van der Waals surface area contributed by atoms with Crippen LogP contribution in [0.5, 0.6) is 5.75 Å². The molecule has 0 aromatic heterocycles. The third-order valence-electron chi connectivity index (χ3n) is 4.74. The van der Waals surface area contributed by atoms with Gasteiger partial charge in [-0.15, -0.1) is 0 Å². The van der Waals surface area contributed by atoms with Crippen LogP contribution in [-0.4, -0.2) is 10.9 Å². The van der Waals surface area contributed by atoms with Crippen LogP contribution in [0.15, 0.2) is 12.1 Å². The van der Waals surface area contributed by atoms with Gasteiger partial charge in [0, 0.05) is 5.41 Å². The smallest absolute Gasteiger partial charge is 0.173 e. The molecule has 2 atom stereocenters. The third-order valence-corrected chi connectivity index (χ3v) is 4.74. The summed E-state index contributed by atoms with van der Waals surface area (Å²) < 4.78 is 0. The van der Waals surface area contributed by atoms with Crippen molar-refractivity contribution in [3.8, 4) is 5.75 Å². The Hall–Kier alpha value is -1.31. The van der Waals surface area contributed by atoms with Crippen LogP contribution in [0.2, 0.25) is 0 Å². The maximum Gasteiger partial charge on any atom is 0.173 e. The second kappa shape index (κ2) is 3.34. The van der Waals surface area contributed by atoms with Gasteiger partial charge < -0.3 is 5.11 Å². The van der Waals surface area contributed by atoms with Crippen LogP contribution in [-0.2, 0) is 0 Å². The van der Waals surface area contributed by atoms with Crippen LogP contribution in [0, 0.1) is 12.3 Å². The van der Waals surface area contributed by atoms with E-state index in [9.17, 15) is 9.90 Å². The molecule has 0 heterocycles. The molecule has 2 aliphatic rings. The number of aromatic hydroxyl groups is 1. The molecule has 0 saturated heterocycles. The van der Waals surface area contributed by atoms with Crippen LogP contribution < -0.4 is 0 Å². The highest BCUT2D eigenvalue weighted by molar-refractivity contribution is 6.08. The summed E-state index contributed by atoms with van der Waals surface area (Å²) in [4.78, 5) is 12.6. The molecule has 2 aliphatic carbocycles. The number of phenols is 1. The van der Waals surface area contributed by atoms with Gasteiger partial charge in [0.15, 0.2) is 5.78 Å². The normalized spacial score (nSPS) is 31.2. The quantitative estimate of drug-likeness (QED) is 0.740. The lowest BCUT2D eigenvalue weighted by molar-refractivity contribution is 0.0746. The van der Waals surface area contributed by atoms with E-state index in [2.05, 4.69) is 6.92 Å². The van der Waals surface area contributed by atoms with Gasteiger partial charge in [-0.05, 0) is 42.9 Å². The van der Waals surface area contributed by atoms with Gasteiger partial charge in [-0.25, -0.2) is 0 Å². The minimum atomic E-state index is -0.260. The Balaban J connectivity index is 2.27. The van der Waals surface area contributed by atoms with E-state index in [1.54, 1.807) is 6.07 Å². The number of hydrogen-bond acceptors (Lipinski definition) is 2. The Morgan fingerprint density at radius 2 is 2.12 bits per heavy atom. The molecule has 0 aliphatic heterocycles. The minimum Gasteiger partial charge on any atom is -0.507 e. The monoisotopic (exact) mass is 230 g/mol. The van der Waals surface area contributed by atoms with Crippen molar-refractivity contribution in [1.29, 1.82) is 0 Å². The molecule has 2 heteroatoms. The first-order valence-corrected chi connectivity index (χ1v) is 6.43. The molecular formula is C15H18O2. The third kappa shape index (κ3) is 1.24. The lowest BCUT2D eigenvalue weighted by Crippen LogP contribution is -2.30. The van der Waals surface area contributed by atoms with Crippen molar-refractivity contribution in [3.63, 3.8) is 0 Å². The van der Waals surface area contributed by atoms with Crippen LogP contribution in [0.1, 0.15) is 60.0 Å². The largest absolute Gasteiger partial charge is 0.507 e. The second-order valence-electron chi connectivity index (χ2n) is 5.74. The molecule has 1 saturated carbocycles. The fourth-order valence-corrected chi connectivity index (χ4v) is 3.75. The Morgan fingerprint density at radius 1 is 1.35 bits per heavy atom. The minimum absolute atomic E-state index is 0.165. The maximum absolute atomic E-state index is 12.6. The molecule has 1 aromatic carbocycles. The summed E-state index contributed by atoms with van der Waals surface area (Å²) in [7, 11) is 0. The summed E-state index contributed by atoms with van der Waals surface area (Å²) in [5, 5.41) is 9.97. The number of hydrogen-bond donors (Lipinski definition) is 1. The number of ketones is 1. The standard InChI is InChI=1S/C15H18O2/c1-9-6-7-11(16)13-12(9)10-5-3-4-8-15(10,2)14(13)17/h6-7,10,16H,3-5,8H2,1-2H3. The zero-order chi connectivity index (χ0) is 12.2. The number of carbonyl (C=O) groups excluding carboxylic acids is 1. The Labute approximate surface area is 102 Å². The van der Waals surface area contributed by atoms with E-state index >= 15 is 0 Å². The second-order valence-corrected chi connectivity index (χ2v) is 5.74. The highest BCUT2D eigenvalue weighted by atomic mass is 16.3. The molecule has 0 radical (unpaired) electrons. The summed E-state index contributed by atoms with van der Waals surface area (Å²) >= 11 is 0. The number of benzene rings is 1. The number of fused-ring (bicyclic) bond motifs is 3. The number of aryl methyl sites for hydroxylation is 1. The molecule has 2 nitrogen and oxygen atoms in total. The summed E-state index contributed by atoms with van der Waals surface area (Å²) in [6.45, 7) is 4.13. The van der Waals surface area contributed by atoms with Crippen molar-refractivity contribution in [1.82, 2.24) is 0 Å². The summed E-state index contributed by atoms with van der Waals surface area (Å²) in [6.07, 6.45) is 4.37. The van der Waals surface area contributed by atoms with Crippen molar-refractivity contribution in [3.05, 3.63) is 28.8 Å². The van der Waals surface area contributed by atoms with Crippen LogP contribution in [0.25, 0.3) is 0 Å². The zero-order valence-corrected chi connectivity index (χ0v) is 10.4. The summed E-state index contributed by atoms with van der Waals surface area (Å²) in [6, 6.07) is 3.59. The average Bonchev–Trinajstić information content (AvgIpc) is 2.55. The van der Waals surface area contributed by atoms with E-state index in [-0.39, 0.29) is 16.9 Å². The van der Waals surface area contributed by atoms with Crippen molar-refractivity contribution >= 4 is 5.78 Å². The fourth-order valence-electron chi connectivity index (χ4n) is 3.75. The number of carbonyl (C=O) groups is 1. The summed E-state index contributed by atoms with van der Waals surface area (Å²) in [5.41, 5.74) is 2.63. The number of Topliss-reactive ketones (excluding diaryl/α,β-unsaturated/α-hetero) is 1. The van der Waals surface area contributed by atoms with Gasteiger partial charge in [-0.1, -0.05) is 25.8 Å². The number of rotatable bonds is 0. The van der Waals surface area contributed by atoms with E-state index in [1.165, 1.54) is 6.42 Å². The molecule has 0 bridgehead atoms. The van der Waals surface area contributed by atoms with Crippen LogP contribution in [0.3, 0.4) is 0 Å². The van der Waals surface area contributed by atoms with E-state index in [0.29, 0.717) is 11.5 Å². The molecule has 1 N–H and O–H groups in total. The van der Waals surface area contributed by atoms with Crippen molar-refractivity contribution in [2.24, 2.45) is 5.41 Å². The van der Waals surface area contributed by atoms with E-state index < -0.39 is 0 Å². The van der Waals surface area contributed by atoms with Gasteiger partial charge >= 0.3 is 0 Å². The number of phenolic OH excluding ortho intramolecular Hbond substituents is 1. The molecule has 17 heavy (non-hydrogen) atoms. The molecule has 1 aromatic rings. The van der Waals surface area contributed by atoms with E-state index in [4.69, 9.17) is 0 Å². The van der Waals surface area contributed by atoms with E-state index in [0.717, 1.165) is 30.4 Å². The van der Waals surface area contributed by atoms with E-state index in [1.807, 2.05) is 13.0 Å². The molecule has 0 spiro atoms. The van der Waals surface area contributed by atoms with Crippen LogP contribution in [0.4, 0.5) is 0 Å². The lowest BCUT2D eigenvalue weighted by Gasteiger charge is -2.35. The molecular weight excluding hydrogens is 212 g/mol. The predicted molar refractivity (Wildman–Crippen MR) is 66.5 cm³/mol. The molecule has 1 fully saturated rings. The average molecular weight is 230 g/mol.